The summed E-state index contributed by atoms with van der Waals surface area (Å²) in [6.45, 7) is 1.14. The molecular formula is C16H24N6O2S. The number of benzene rings is 1. The standard InChI is InChI=1S/C16H24N6O2S/c1-17-16(19-12-14-9-10-20-22(14)4)18-11-13-5-7-15(8-6-13)25(23,24)21(2)3/h5-10H,11-12H2,1-4H3,(H2,17,18,19). The van der Waals surface area contributed by atoms with Crippen LogP contribution in [0.15, 0.2) is 46.4 Å². The molecule has 0 amide bonds. The molecule has 25 heavy (non-hydrogen) atoms. The molecular weight excluding hydrogens is 340 g/mol. The number of aromatic nitrogens is 2. The lowest BCUT2D eigenvalue weighted by Crippen LogP contribution is -2.36. The summed E-state index contributed by atoms with van der Waals surface area (Å²) >= 11 is 0. The van der Waals surface area contributed by atoms with Crippen LogP contribution in [0.25, 0.3) is 0 Å². The second-order valence-electron chi connectivity index (χ2n) is 5.66. The van der Waals surface area contributed by atoms with Crippen molar-refractivity contribution in [1.82, 2.24) is 24.7 Å². The van der Waals surface area contributed by atoms with E-state index < -0.39 is 10.0 Å². The van der Waals surface area contributed by atoms with Gasteiger partial charge in [-0.15, -0.1) is 0 Å². The van der Waals surface area contributed by atoms with Crippen LogP contribution >= 0.6 is 0 Å². The number of aliphatic imine (C=N–C) groups is 1. The second-order valence-corrected chi connectivity index (χ2v) is 7.81. The Kier molecular flexibility index (Phi) is 6.16. The Bertz CT molecular complexity index is 825. The third-order valence-electron chi connectivity index (χ3n) is 3.74. The van der Waals surface area contributed by atoms with Gasteiger partial charge in [-0.05, 0) is 23.8 Å². The zero-order chi connectivity index (χ0) is 18.4. The lowest BCUT2D eigenvalue weighted by atomic mass is 10.2. The van der Waals surface area contributed by atoms with Crippen LogP contribution in [0.1, 0.15) is 11.3 Å². The van der Waals surface area contributed by atoms with Crippen LogP contribution in [-0.4, -0.2) is 49.6 Å². The Hall–Kier alpha value is -2.39. The Morgan fingerprint density at radius 1 is 1.16 bits per heavy atom. The molecule has 0 aliphatic carbocycles. The van der Waals surface area contributed by atoms with Crippen LogP contribution in [0.4, 0.5) is 0 Å². The van der Waals surface area contributed by atoms with Crippen molar-refractivity contribution in [3.8, 4) is 0 Å². The molecule has 0 saturated heterocycles. The van der Waals surface area contributed by atoms with E-state index in [0.717, 1.165) is 11.3 Å². The van der Waals surface area contributed by atoms with Gasteiger partial charge in [-0.2, -0.15) is 5.10 Å². The Labute approximate surface area is 148 Å². The van der Waals surface area contributed by atoms with E-state index in [1.165, 1.54) is 18.4 Å². The quantitative estimate of drug-likeness (QED) is 0.576. The van der Waals surface area contributed by atoms with Gasteiger partial charge in [0, 0.05) is 40.9 Å². The first-order chi connectivity index (χ1) is 11.8. The number of nitrogens with zero attached hydrogens (tertiary/aromatic N) is 4. The molecule has 0 fully saturated rings. The predicted molar refractivity (Wildman–Crippen MR) is 97.6 cm³/mol. The Morgan fingerprint density at radius 2 is 1.80 bits per heavy atom. The molecule has 0 atom stereocenters. The number of hydrogen-bond donors (Lipinski definition) is 2. The number of guanidine groups is 1. The highest BCUT2D eigenvalue weighted by molar-refractivity contribution is 7.89. The first-order valence-electron chi connectivity index (χ1n) is 7.77. The summed E-state index contributed by atoms with van der Waals surface area (Å²) < 4.78 is 27.1. The molecule has 0 bridgehead atoms. The normalized spacial score (nSPS) is 12.4. The fraction of sp³-hybridized carbons (Fsp3) is 0.375. The fourth-order valence-electron chi connectivity index (χ4n) is 2.15. The van der Waals surface area contributed by atoms with E-state index in [1.807, 2.05) is 13.1 Å². The molecule has 0 spiro atoms. The summed E-state index contributed by atoms with van der Waals surface area (Å²) in [6.07, 6.45) is 1.75. The molecule has 0 aliphatic rings. The van der Waals surface area contributed by atoms with Crippen LogP contribution in [0, 0.1) is 0 Å². The number of nitrogens with one attached hydrogen (secondary N) is 2. The van der Waals surface area contributed by atoms with Gasteiger partial charge in [-0.3, -0.25) is 9.67 Å². The van der Waals surface area contributed by atoms with Crippen molar-refractivity contribution in [2.75, 3.05) is 21.1 Å². The maximum atomic E-state index is 12.1. The maximum Gasteiger partial charge on any atom is 0.242 e. The Morgan fingerprint density at radius 3 is 2.32 bits per heavy atom. The van der Waals surface area contributed by atoms with Gasteiger partial charge >= 0.3 is 0 Å². The SMILES string of the molecule is CN=C(NCc1ccc(S(=O)(=O)N(C)C)cc1)NCc1ccnn1C. The summed E-state index contributed by atoms with van der Waals surface area (Å²) in [4.78, 5) is 4.45. The van der Waals surface area contributed by atoms with Crippen LogP contribution in [0.2, 0.25) is 0 Å². The Balaban J connectivity index is 1.92. The van der Waals surface area contributed by atoms with Crippen LogP contribution < -0.4 is 10.6 Å². The lowest BCUT2D eigenvalue weighted by Gasteiger charge is -2.13. The predicted octanol–water partition coefficient (Wildman–Crippen LogP) is 0.536. The third-order valence-corrected chi connectivity index (χ3v) is 5.57. The third kappa shape index (κ3) is 4.80. The summed E-state index contributed by atoms with van der Waals surface area (Å²) in [5.74, 6) is 0.659. The fourth-order valence-corrected chi connectivity index (χ4v) is 3.05. The zero-order valence-corrected chi connectivity index (χ0v) is 15.7. The topological polar surface area (TPSA) is 91.6 Å². The first kappa shape index (κ1) is 18.9. The molecule has 2 aromatic rings. The van der Waals surface area contributed by atoms with E-state index >= 15 is 0 Å². The summed E-state index contributed by atoms with van der Waals surface area (Å²) in [7, 11) is 3.22. The zero-order valence-electron chi connectivity index (χ0n) is 14.9. The minimum absolute atomic E-state index is 0.278. The highest BCUT2D eigenvalue weighted by Gasteiger charge is 2.16. The van der Waals surface area contributed by atoms with Crippen molar-refractivity contribution in [3.63, 3.8) is 0 Å². The molecule has 8 nitrogen and oxygen atoms in total. The molecule has 0 saturated carbocycles. The molecule has 136 valence electrons. The van der Waals surface area contributed by atoms with Gasteiger partial charge in [-0.25, -0.2) is 12.7 Å². The summed E-state index contributed by atoms with van der Waals surface area (Å²) in [6, 6.07) is 8.73. The molecule has 9 heteroatoms. The van der Waals surface area contributed by atoms with Crippen molar-refractivity contribution >= 4 is 16.0 Å². The summed E-state index contributed by atoms with van der Waals surface area (Å²) in [5, 5.41) is 10.5. The van der Waals surface area contributed by atoms with E-state index in [-0.39, 0.29) is 4.90 Å². The van der Waals surface area contributed by atoms with Crippen LogP contribution in [0.3, 0.4) is 0 Å². The molecule has 1 aromatic carbocycles. The minimum Gasteiger partial charge on any atom is -0.352 e. The maximum absolute atomic E-state index is 12.1. The molecule has 0 aliphatic heterocycles. The summed E-state index contributed by atoms with van der Waals surface area (Å²) in [5.41, 5.74) is 2.00. The van der Waals surface area contributed by atoms with E-state index in [0.29, 0.717) is 19.0 Å². The molecule has 2 N–H and O–H groups in total. The smallest absolute Gasteiger partial charge is 0.242 e. The van der Waals surface area contributed by atoms with Crippen molar-refractivity contribution in [1.29, 1.82) is 0 Å². The van der Waals surface area contributed by atoms with Crippen molar-refractivity contribution in [3.05, 3.63) is 47.8 Å². The average Bonchev–Trinajstić information content (AvgIpc) is 3.00. The molecule has 1 heterocycles. The molecule has 2 rings (SSSR count). The molecule has 0 unspecified atom stereocenters. The van der Waals surface area contributed by atoms with Gasteiger partial charge < -0.3 is 10.6 Å². The monoisotopic (exact) mass is 364 g/mol. The van der Waals surface area contributed by atoms with Crippen LogP contribution in [0.5, 0.6) is 0 Å². The van der Waals surface area contributed by atoms with Crippen molar-refractivity contribution in [2.45, 2.75) is 18.0 Å². The van der Waals surface area contributed by atoms with Crippen LogP contribution in [-0.2, 0) is 30.2 Å². The largest absolute Gasteiger partial charge is 0.352 e. The highest BCUT2D eigenvalue weighted by atomic mass is 32.2. The molecule has 0 radical (unpaired) electrons. The van der Waals surface area contributed by atoms with E-state index in [9.17, 15) is 8.42 Å². The van der Waals surface area contributed by atoms with E-state index in [1.54, 1.807) is 42.2 Å². The average molecular weight is 364 g/mol. The number of aryl methyl sites for hydroxylation is 1. The van der Waals surface area contributed by atoms with Gasteiger partial charge in [0.1, 0.15) is 0 Å². The molecule has 1 aromatic heterocycles. The number of hydrogen-bond acceptors (Lipinski definition) is 4. The van der Waals surface area contributed by atoms with Gasteiger partial charge in [0.05, 0.1) is 17.1 Å². The highest BCUT2D eigenvalue weighted by Crippen LogP contribution is 2.13. The number of rotatable bonds is 6. The minimum atomic E-state index is -3.40. The first-order valence-corrected chi connectivity index (χ1v) is 9.21. The van der Waals surface area contributed by atoms with E-state index in [4.69, 9.17) is 0 Å². The second kappa shape index (κ2) is 8.13. The lowest BCUT2D eigenvalue weighted by molar-refractivity contribution is 0.520. The van der Waals surface area contributed by atoms with E-state index in [2.05, 4.69) is 20.7 Å². The number of sulfonamides is 1. The van der Waals surface area contributed by atoms with Crippen molar-refractivity contribution in [2.24, 2.45) is 12.0 Å². The van der Waals surface area contributed by atoms with Gasteiger partial charge in [0.15, 0.2) is 5.96 Å². The van der Waals surface area contributed by atoms with Crippen molar-refractivity contribution < 1.29 is 8.42 Å². The van der Waals surface area contributed by atoms with Gasteiger partial charge in [0.25, 0.3) is 0 Å². The van der Waals surface area contributed by atoms with Gasteiger partial charge in [-0.1, -0.05) is 12.1 Å². The van der Waals surface area contributed by atoms with Gasteiger partial charge in [0.2, 0.25) is 10.0 Å².